The van der Waals surface area contributed by atoms with Crippen molar-refractivity contribution in [3.63, 3.8) is 0 Å². The van der Waals surface area contributed by atoms with Crippen LogP contribution in [0, 0.1) is 0 Å². The second-order valence-electron chi connectivity index (χ2n) is 4.15. The van der Waals surface area contributed by atoms with Crippen LogP contribution in [0.25, 0.3) is 11.0 Å². The molecular formula is C13H15BrClN3O. The number of hydrogen-bond acceptors (Lipinski definition) is 4. The Morgan fingerprint density at radius 1 is 1.47 bits per heavy atom. The number of ether oxygens (including phenoxy) is 1. The maximum Gasteiger partial charge on any atom is 0.112 e. The van der Waals surface area contributed by atoms with E-state index >= 15 is 0 Å². The van der Waals surface area contributed by atoms with Gasteiger partial charge in [-0.25, -0.2) is 0 Å². The Hall–Kier alpha value is -0.910. The molecule has 19 heavy (non-hydrogen) atoms. The average Bonchev–Trinajstić information content (AvgIpc) is 2.39. The van der Waals surface area contributed by atoms with E-state index in [1.807, 2.05) is 12.1 Å². The van der Waals surface area contributed by atoms with Crippen LogP contribution in [0.2, 0.25) is 0 Å². The van der Waals surface area contributed by atoms with E-state index in [1.54, 1.807) is 19.5 Å². The number of halogens is 2. The summed E-state index contributed by atoms with van der Waals surface area (Å²) in [5, 5.41) is 3.36. The van der Waals surface area contributed by atoms with E-state index < -0.39 is 0 Å². The van der Waals surface area contributed by atoms with E-state index in [-0.39, 0.29) is 5.38 Å². The summed E-state index contributed by atoms with van der Waals surface area (Å²) in [4.78, 5) is 8.68. The van der Waals surface area contributed by atoms with Gasteiger partial charge >= 0.3 is 0 Å². The van der Waals surface area contributed by atoms with Gasteiger partial charge in [0.15, 0.2) is 0 Å². The first kappa shape index (κ1) is 14.5. The average molecular weight is 345 g/mol. The van der Waals surface area contributed by atoms with E-state index in [0.717, 1.165) is 34.2 Å². The molecule has 2 rings (SSSR count). The van der Waals surface area contributed by atoms with Crippen molar-refractivity contribution in [2.45, 2.75) is 11.8 Å². The van der Waals surface area contributed by atoms with Gasteiger partial charge in [0.25, 0.3) is 0 Å². The van der Waals surface area contributed by atoms with Crippen LogP contribution >= 0.6 is 27.5 Å². The number of anilines is 1. The second kappa shape index (κ2) is 7.03. The molecule has 0 fully saturated rings. The molecule has 1 atom stereocenters. The monoisotopic (exact) mass is 343 g/mol. The minimum atomic E-state index is 0.0210. The maximum absolute atomic E-state index is 6.09. The molecule has 1 N–H and O–H groups in total. The Morgan fingerprint density at radius 2 is 2.32 bits per heavy atom. The standard InChI is InChI=1S/C13H15BrClN3O/c1-19-8-10(15)2-4-16-11-3-5-17-12-6-9(14)7-18-13(11)12/h3,5-7,10H,2,4,8H2,1H3,(H,16,17). The zero-order valence-electron chi connectivity index (χ0n) is 10.6. The van der Waals surface area contributed by atoms with Crippen molar-refractivity contribution >= 4 is 44.3 Å². The maximum atomic E-state index is 6.09. The molecule has 0 aliphatic heterocycles. The Bertz CT molecular complexity index is 552. The minimum Gasteiger partial charge on any atom is -0.383 e. The molecule has 0 bridgehead atoms. The highest BCUT2D eigenvalue weighted by atomic mass is 79.9. The van der Waals surface area contributed by atoms with Crippen molar-refractivity contribution < 1.29 is 4.74 Å². The van der Waals surface area contributed by atoms with Gasteiger partial charge in [-0.15, -0.1) is 11.6 Å². The lowest BCUT2D eigenvalue weighted by Crippen LogP contribution is -2.13. The van der Waals surface area contributed by atoms with Crippen molar-refractivity contribution in [1.82, 2.24) is 9.97 Å². The van der Waals surface area contributed by atoms with Crippen molar-refractivity contribution in [3.05, 3.63) is 29.0 Å². The highest BCUT2D eigenvalue weighted by Gasteiger charge is 2.06. The number of nitrogens with one attached hydrogen (secondary N) is 1. The molecule has 0 radical (unpaired) electrons. The summed E-state index contributed by atoms with van der Waals surface area (Å²) in [5.74, 6) is 0. The molecule has 0 aliphatic carbocycles. The van der Waals surface area contributed by atoms with E-state index in [2.05, 4.69) is 31.2 Å². The Labute approximate surface area is 125 Å². The van der Waals surface area contributed by atoms with Gasteiger partial charge in [-0.3, -0.25) is 9.97 Å². The number of aromatic nitrogens is 2. The number of methoxy groups -OCH3 is 1. The third kappa shape index (κ3) is 4.03. The molecule has 102 valence electrons. The Balaban J connectivity index is 2.04. The van der Waals surface area contributed by atoms with Crippen LogP contribution in [0.3, 0.4) is 0 Å². The lowest BCUT2D eigenvalue weighted by molar-refractivity contribution is 0.196. The molecule has 2 heterocycles. The normalized spacial score (nSPS) is 12.6. The number of fused-ring (bicyclic) bond motifs is 1. The van der Waals surface area contributed by atoms with Gasteiger partial charge in [0.1, 0.15) is 5.52 Å². The van der Waals surface area contributed by atoms with E-state index in [9.17, 15) is 0 Å². The fourth-order valence-electron chi connectivity index (χ4n) is 1.78. The fraction of sp³-hybridized carbons (Fsp3) is 0.385. The quantitative estimate of drug-likeness (QED) is 0.815. The van der Waals surface area contributed by atoms with Gasteiger partial charge in [0.05, 0.1) is 23.2 Å². The van der Waals surface area contributed by atoms with Gasteiger partial charge in [0, 0.05) is 30.5 Å². The van der Waals surface area contributed by atoms with E-state index in [1.165, 1.54) is 0 Å². The second-order valence-corrected chi connectivity index (χ2v) is 5.68. The van der Waals surface area contributed by atoms with Crippen LogP contribution in [0.4, 0.5) is 5.69 Å². The molecule has 4 nitrogen and oxygen atoms in total. The third-order valence-corrected chi connectivity index (χ3v) is 3.44. The minimum absolute atomic E-state index is 0.0210. The molecule has 0 aliphatic rings. The number of rotatable bonds is 6. The number of alkyl halides is 1. The fourth-order valence-corrected chi connectivity index (χ4v) is 2.33. The zero-order chi connectivity index (χ0) is 13.7. The Kier molecular flexibility index (Phi) is 5.36. The largest absolute Gasteiger partial charge is 0.383 e. The Morgan fingerprint density at radius 3 is 3.11 bits per heavy atom. The summed E-state index contributed by atoms with van der Waals surface area (Å²) in [6.45, 7) is 1.33. The van der Waals surface area contributed by atoms with Gasteiger partial charge in [0.2, 0.25) is 0 Å². The molecular weight excluding hydrogens is 330 g/mol. The molecule has 0 spiro atoms. The first-order valence-corrected chi connectivity index (χ1v) is 7.21. The first-order chi connectivity index (χ1) is 9.20. The predicted octanol–water partition coefficient (Wildman–Crippen LogP) is 3.45. The van der Waals surface area contributed by atoms with Gasteiger partial charge < -0.3 is 10.1 Å². The summed E-state index contributed by atoms with van der Waals surface area (Å²) in [5.41, 5.74) is 2.70. The number of hydrogen-bond donors (Lipinski definition) is 1. The van der Waals surface area contributed by atoms with Crippen molar-refractivity contribution in [2.24, 2.45) is 0 Å². The predicted molar refractivity (Wildman–Crippen MR) is 81.9 cm³/mol. The van der Waals surface area contributed by atoms with Gasteiger partial charge in [-0.2, -0.15) is 0 Å². The third-order valence-electron chi connectivity index (χ3n) is 2.66. The SMILES string of the molecule is COCC(Cl)CCNc1ccnc2cc(Br)cnc12. The van der Waals surface area contributed by atoms with Crippen LogP contribution in [0.15, 0.2) is 29.0 Å². The molecule has 0 saturated carbocycles. The molecule has 0 aromatic carbocycles. The summed E-state index contributed by atoms with van der Waals surface area (Å²) in [6.07, 6.45) is 4.37. The summed E-state index contributed by atoms with van der Waals surface area (Å²) in [6, 6.07) is 3.87. The molecule has 1 unspecified atom stereocenters. The van der Waals surface area contributed by atoms with Crippen LogP contribution in [-0.2, 0) is 4.74 Å². The summed E-state index contributed by atoms with van der Waals surface area (Å²) < 4.78 is 5.92. The van der Waals surface area contributed by atoms with E-state index in [4.69, 9.17) is 16.3 Å². The van der Waals surface area contributed by atoms with Crippen LogP contribution < -0.4 is 5.32 Å². The lowest BCUT2D eigenvalue weighted by atomic mass is 10.2. The summed E-state index contributed by atoms with van der Waals surface area (Å²) in [7, 11) is 1.65. The van der Waals surface area contributed by atoms with Crippen LogP contribution in [-0.4, -0.2) is 35.6 Å². The molecule has 6 heteroatoms. The van der Waals surface area contributed by atoms with Gasteiger partial charge in [-0.05, 0) is 34.5 Å². The topological polar surface area (TPSA) is 47.0 Å². The van der Waals surface area contributed by atoms with Gasteiger partial charge in [-0.1, -0.05) is 0 Å². The molecule has 0 saturated heterocycles. The van der Waals surface area contributed by atoms with Crippen molar-refractivity contribution in [3.8, 4) is 0 Å². The number of pyridine rings is 2. The molecule has 2 aromatic heterocycles. The van der Waals surface area contributed by atoms with Crippen molar-refractivity contribution in [1.29, 1.82) is 0 Å². The zero-order valence-corrected chi connectivity index (χ0v) is 12.9. The highest BCUT2D eigenvalue weighted by Crippen LogP contribution is 2.22. The van der Waals surface area contributed by atoms with Crippen LogP contribution in [0.1, 0.15) is 6.42 Å². The number of nitrogens with zero attached hydrogens (tertiary/aromatic N) is 2. The smallest absolute Gasteiger partial charge is 0.112 e. The molecule has 0 amide bonds. The van der Waals surface area contributed by atoms with Crippen LogP contribution in [0.5, 0.6) is 0 Å². The highest BCUT2D eigenvalue weighted by molar-refractivity contribution is 9.10. The van der Waals surface area contributed by atoms with E-state index in [0.29, 0.717) is 6.61 Å². The first-order valence-electron chi connectivity index (χ1n) is 5.98. The lowest BCUT2D eigenvalue weighted by Gasteiger charge is -2.11. The van der Waals surface area contributed by atoms with Crippen molar-refractivity contribution in [2.75, 3.05) is 25.6 Å². The summed E-state index contributed by atoms with van der Waals surface area (Å²) >= 11 is 9.48. The molecule has 2 aromatic rings.